The lowest BCUT2D eigenvalue weighted by atomic mass is 10.1. The van der Waals surface area contributed by atoms with E-state index in [1.807, 2.05) is 0 Å². The number of aromatic nitrogens is 1. The van der Waals surface area contributed by atoms with Gasteiger partial charge in [0.05, 0.1) is 6.42 Å². The van der Waals surface area contributed by atoms with Crippen molar-refractivity contribution in [3.63, 3.8) is 0 Å². The molecule has 3 N–H and O–H groups in total. The Kier molecular flexibility index (Phi) is 6.50. The third-order valence-corrected chi connectivity index (χ3v) is 3.54. The Labute approximate surface area is 161 Å². The molecule has 1 atom stereocenters. The van der Waals surface area contributed by atoms with Crippen molar-refractivity contribution in [2.24, 2.45) is 0 Å². The highest BCUT2D eigenvalue weighted by atomic mass is 19.1. The van der Waals surface area contributed by atoms with E-state index in [2.05, 4.69) is 5.32 Å². The summed E-state index contributed by atoms with van der Waals surface area (Å²) in [6, 6.07) is 8.18. The maximum Gasteiger partial charge on any atom is 0.407 e. The summed E-state index contributed by atoms with van der Waals surface area (Å²) in [4.78, 5) is 29.2. The number of nitrogens with one attached hydrogen (secondary N) is 1. The summed E-state index contributed by atoms with van der Waals surface area (Å²) in [6.45, 7) is 5.27. The van der Waals surface area contributed by atoms with Gasteiger partial charge in [0, 0.05) is 24.1 Å². The zero-order chi connectivity index (χ0) is 20.9. The summed E-state index contributed by atoms with van der Waals surface area (Å²) in [5, 5.41) is 21.7. The Balaban J connectivity index is 2.11. The van der Waals surface area contributed by atoms with E-state index in [9.17, 15) is 24.2 Å². The van der Waals surface area contributed by atoms with Crippen LogP contribution in [0.1, 0.15) is 32.8 Å². The van der Waals surface area contributed by atoms with E-state index in [0.29, 0.717) is 4.73 Å². The first-order valence-corrected chi connectivity index (χ1v) is 8.58. The molecule has 1 heterocycles. The van der Waals surface area contributed by atoms with Crippen LogP contribution in [0, 0.1) is 5.82 Å². The quantitative estimate of drug-likeness (QED) is 0.695. The molecule has 8 nitrogen and oxygen atoms in total. The summed E-state index contributed by atoms with van der Waals surface area (Å²) in [6.07, 6.45) is -2.30. The van der Waals surface area contributed by atoms with Crippen LogP contribution in [0.3, 0.4) is 0 Å². The minimum Gasteiger partial charge on any atom is -0.492 e. The second-order valence-corrected chi connectivity index (χ2v) is 7.21. The number of aromatic hydroxyl groups is 2. The van der Waals surface area contributed by atoms with Crippen molar-refractivity contribution < 1.29 is 33.8 Å². The largest absolute Gasteiger partial charge is 0.492 e. The number of nitrogens with zero attached hydrogens (tertiary/aromatic N) is 1. The topological polar surface area (TPSA) is 110 Å². The van der Waals surface area contributed by atoms with Gasteiger partial charge in [-0.1, -0.05) is 18.2 Å². The van der Waals surface area contributed by atoms with Gasteiger partial charge in [-0.3, -0.25) is 0 Å². The molecular formula is C19H23FN2O6. The number of benzene rings is 1. The molecule has 9 heteroatoms. The smallest absolute Gasteiger partial charge is 0.407 e. The van der Waals surface area contributed by atoms with Crippen LogP contribution in [-0.4, -0.2) is 38.6 Å². The number of carbonyl (C=O) groups excluding carboxylic acids is 2. The molecule has 0 saturated carbocycles. The molecular weight excluding hydrogens is 371 g/mol. The molecule has 0 aliphatic rings. The molecule has 1 amide bonds. The summed E-state index contributed by atoms with van der Waals surface area (Å²) in [5.74, 6) is -2.36. The van der Waals surface area contributed by atoms with Crippen LogP contribution in [-0.2, 0) is 16.0 Å². The number of rotatable bonds is 6. The van der Waals surface area contributed by atoms with E-state index in [0.717, 1.165) is 12.1 Å². The van der Waals surface area contributed by atoms with Gasteiger partial charge in [0.1, 0.15) is 11.9 Å². The van der Waals surface area contributed by atoms with Gasteiger partial charge in [-0.15, -0.1) is 4.73 Å². The number of amides is 1. The van der Waals surface area contributed by atoms with Gasteiger partial charge in [-0.25, -0.2) is 14.0 Å². The first-order chi connectivity index (χ1) is 13.0. The van der Waals surface area contributed by atoms with Gasteiger partial charge >= 0.3 is 12.1 Å². The van der Waals surface area contributed by atoms with Crippen molar-refractivity contribution in [2.75, 3.05) is 0 Å². The molecule has 0 aliphatic heterocycles. The Hall–Kier alpha value is -3.23. The van der Waals surface area contributed by atoms with Gasteiger partial charge in [0.2, 0.25) is 11.8 Å². The standard InChI is InChI=1S/C19H23FN2O6/c1-19(2,3)21-18(26)27-13(10-12-6-4-5-7-14(12)20)11-17(25)28-22-15(23)8-9-16(22)24/h4-9,13,23-24H,10-11H2,1-3H3,(H,21,26)/t13-/m1/s1. The minimum atomic E-state index is -1.04. The van der Waals surface area contributed by atoms with Gasteiger partial charge < -0.3 is 25.1 Å². The fourth-order valence-electron chi connectivity index (χ4n) is 2.37. The van der Waals surface area contributed by atoms with Crippen LogP contribution < -0.4 is 10.2 Å². The van der Waals surface area contributed by atoms with Crippen molar-refractivity contribution in [3.8, 4) is 11.8 Å². The number of hydrogen-bond acceptors (Lipinski definition) is 6. The van der Waals surface area contributed by atoms with E-state index in [1.165, 1.54) is 18.2 Å². The number of hydrogen-bond donors (Lipinski definition) is 3. The highest BCUT2D eigenvalue weighted by molar-refractivity contribution is 5.72. The third-order valence-electron chi connectivity index (χ3n) is 3.54. The Morgan fingerprint density at radius 3 is 2.32 bits per heavy atom. The number of halogens is 1. The first kappa shape index (κ1) is 21.1. The molecule has 1 aromatic heterocycles. The van der Waals surface area contributed by atoms with Crippen molar-refractivity contribution >= 4 is 12.1 Å². The molecule has 0 saturated heterocycles. The number of ether oxygens (including phenoxy) is 1. The zero-order valence-electron chi connectivity index (χ0n) is 15.8. The summed E-state index contributed by atoms with van der Waals surface area (Å²) < 4.78 is 19.8. The summed E-state index contributed by atoms with van der Waals surface area (Å²) >= 11 is 0. The lowest BCUT2D eigenvalue weighted by Gasteiger charge is -2.23. The normalized spacial score (nSPS) is 12.3. The average molecular weight is 394 g/mol. The lowest BCUT2D eigenvalue weighted by molar-refractivity contribution is -0.147. The molecule has 1 aromatic carbocycles. The van der Waals surface area contributed by atoms with E-state index in [1.54, 1.807) is 26.8 Å². The average Bonchev–Trinajstić information content (AvgIpc) is 2.87. The zero-order valence-corrected chi connectivity index (χ0v) is 15.8. The second kappa shape index (κ2) is 8.64. The van der Waals surface area contributed by atoms with Crippen LogP contribution in [0.4, 0.5) is 9.18 Å². The van der Waals surface area contributed by atoms with Crippen LogP contribution in [0.25, 0.3) is 0 Å². The van der Waals surface area contributed by atoms with E-state index in [-0.39, 0.29) is 12.0 Å². The fraction of sp³-hybridized carbons (Fsp3) is 0.368. The second-order valence-electron chi connectivity index (χ2n) is 7.21. The maximum atomic E-state index is 14.0. The van der Waals surface area contributed by atoms with E-state index < -0.39 is 47.7 Å². The molecule has 2 rings (SSSR count). The molecule has 0 unspecified atom stereocenters. The van der Waals surface area contributed by atoms with Crippen LogP contribution in [0.5, 0.6) is 11.8 Å². The van der Waals surface area contributed by atoms with E-state index in [4.69, 9.17) is 9.57 Å². The van der Waals surface area contributed by atoms with Crippen LogP contribution in [0.15, 0.2) is 36.4 Å². The molecule has 0 fully saturated rings. The number of alkyl carbamates (subject to hydrolysis) is 1. The van der Waals surface area contributed by atoms with Crippen molar-refractivity contribution in [1.29, 1.82) is 0 Å². The van der Waals surface area contributed by atoms with Gasteiger partial charge in [-0.05, 0) is 32.4 Å². The van der Waals surface area contributed by atoms with Crippen molar-refractivity contribution in [3.05, 3.63) is 47.8 Å². The lowest BCUT2D eigenvalue weighted by Crippen LogP contribution is -2.43. The van der Waals surface area contributed by atoms with Gasteiger partial charge in [0.15, 0.2) is 0 Å². The molecule has 0 spiro atoms. The molecule has 0 radical (unpaired) electrons. The highest BCUT2D eigenvalue weighted by Crippen LogP contribution is 2.20. The van der Waals surface area contributed by atoms with Gasteiger partial charge in [0.25, 0.3) is 0 Å². The maximum absolute atomic E-state index is 14.0. The Morgan fingerprint density at radius 1 is 1.14 bits per heavy atom. The van der Waals surface area contributed by atoms with E-state index >= 15 is 0 Å². The van der Waals surface area contributed by atoms with Crippen molar-refractivity contribution in [2.45, 2.75) is 45.3 Å². The molecule has 2 aromatic rings. The molecule has 0 bridgehead atoms. The Morgan fingerprint density at radius 2 is 1.75 bits per heavy atom. The molecule has 28 heavy (non-hydrogen) atoms. The van der Waals surface area contributed by atoms with Gasteiger partial charge in [-0.2, -0.15) is 0 Å². The molecule has 152 valence electrons. The fourth-order valence-corrected chi connectivity index (χ4v) is 2.37. The summed E-state index contributed by atoms with van der Waals surface area (Å²) in [5.41, 5.74) is -0.307. The predicted molar refractivity (Wildman–Crippen MR) is 97.2 cm³/mol. The number of carbonyl (C=O) groups is 2. The highest BCUT2D eigenvalue weighted by Gasteiger charge is 2.25. The SMILES string of the molecule is CC(C)(C)NC(=O)O[C@@H](CC(=O)On1c(O)ccc1O)Cc1ccccc1F. The van der Waals surface area contributed by atoms with Crippen LogP contribution in [0.2, 0.25) is 0 Å². The summed E-state index contributed by atoms with van der Waals surface area (Å²) in [7, 11) is 0. The van der Waals surface area contributed by atoms with Crippen LogP contribution >= 0.6 is 0 Å². The first-order valence-electron chi connectivity index (χ1n) is 8.58. The predicted octanol–water partition coefficient (Wildman–Crippen LogP) is 2.52. The van der Waals surface area contributed by atoms with Crippen molar-refractivity contribution in [1.82, 2.24) is 10.0 Å². The Bertz CT molecular complexity index is 824. The minimum absolute atomic E-state index is 0.0665. The monoisotopic (exact) mass is 394 g/mol. The molecule has 0 aliphatic carbocycles. The third kappa shape index (κ3) is 6.19.